The Hall–Kier alpha value is -0.520. The van der Waals surface area contributed by atoms with Crippen molar-refractivity contribution in [2.24, 2.45) is 0 Å². The number of hydrogen-bond acceptors (Lipinski definition) is 7. The van der Waals surface area contributed by atoms with Crippen LogP contribution in [0.1, 0.15) is 41.5 Å². The molecule has 0 fully saturated rings. The third kappa shape index (κ3) is 31.7. The second-order valence-corrected chi connectivity index (χ2v) is 12.0. The van der Waals surface area contributed by atoms with Gasteiger partial charge in [0.2, 0.25) is 0 Å². The molecule has 10 heteroatoms. The third-order valence-corrected chi connectivity index (χ3v) is 6.15. The lowest BCUT2D eigenvalue weighted by Gasteiger charge is -2.08. The van der Waals surface area contributed by atoms with Gasteiger partial charge in [0.05, 0.1) is 33.6 Å². The van der Waals surface area contributed by atoms with Crippen molar-refractivity contribution < 1.29 is 32.7 Å². The molecule has 0 atom stereocenters. The van der Waals surface area contributed by atoms with Crippen LogP contribution < -0.4 is 0 Å². The van der Waals surface area contributed by atoms with Gasteiger partial charge >= 0.3 is 11.9 Å². The molecule has 0 spiro atoms. The number of ether oxygens (including phenoxy) is 2. The Morgan fingerprint density at radius 3 is 1.52 bits per heavy atom. The Morgan fingerprint density at radius 2 is 1.23 bits per heavy atom. The zero-order chi connectivity index (χ0) is 24.9. The number of rotatable bonds is 11. The van der Waals surface area contributed by atoms with Gasteiger partial charge in [-0.2, -0.15) is 0 Å². The van der Waals surface area contributed by atoms with E-state index in [0.29, 0.717) is 24.7 Å². The summed E-state index contributed by atoms with van der Waals surface area (Å²) in [6, 6.07) is 0. The maximum absolute atomic E-state index is 11.4. The minimum absolute atomic E-state index is 0.264. The van der Waals surface area contributed by atoms with E-state index in [1.807, 2.05) is 27.4 Å². The predicted octanol–water partition coefficient (Wildman–Crippen LogP) is 6.01. The molecular weight excluding hydrogens is 506 g/mol. The molecule has 184 valence electrons. The van der Waals surface area contributed by atoms with Gasteiger partial charge in [0.25, 0.3) is 0 Å². The van der Waals surface area contributed by atoms with Crippen LogP contribution in [0, 0.1) is 0 Å². The summed E-state index contributed by atoms with van der Waals surface area (Å²) in [7, 11) is -2.65. The van der Waals surface area contributed by atoms with Crippen molar-refractivity contribution in [3.05, 3.63) is 23.3 Å². The zero-order valence-electron chi connectivity index (χ0n) is 20.5. The van der Waals surface area contributed by atoms with Crippen LogP contribution in [0.25, 0.3) is 0 Å². The largest absolute Gasteiger partial charge is 0.463 e. The van der Waals surface area contributed by atoms with Crippen LogP contribution in [0.4, 0.5) is 0 Å². The lowest BCUT2D eigenvalue weighted by Crippen LogP contribution is -2.01. The molecule has 0 N–H and O–H groups in total. The summed E-state index contributed by atoms with van der Waals surface area (Å²) < 4.78 is 31.0. The van der Waals surface area contributed by atoms with Crippen LogP contribution in [0.3, 0.4) is 0 Å². The van der Waals surface area contributed by atoms with E-state index in [0.717, 1.165) is 24.4 Å². The number of carbonyl (C=O) groups excluding carboxylic acids is 2. The second kappa shape index (κ2) is 22.7. The van der Waals surface area contributed by atoms with Crippen molar-refractivity contribution in [3.8, 4) is 0 Å². The SMILES string of the molecule is CCOC(=O)C=C(C)CBr.CCOC(=O)C=C(C)CP(C)(C)=O.CCOP(C)OCC. The van der Waals surface area contributed by atoms with Crippen molar-refractivity contribution in [2.45, 2.75) is 41.5 Å². The number of alkyl halides is 1. The first-order chi connectivity index (χ1) is 14.4. The molecule has 0 unspecified atom stereocenters. The lowest BCUT2D eigenvalue weighted by atomic mass is 10.3. The van der Waals surface area contributed by atoms with Crippen LogP contribution >= 0.6 is 31.4 Å². The maximum Gasteiger partial charge on any atom is 0.330 e. The van der Waals surface area contributed by atoms with Crippen LogP contribution in [0.5, 0.6) is 0 Å². The molecule has 0 aromatic heterocycles. The van der Waals surface area contributed by atoms with Crippen molar-refractivity contribution in [3.63, 3.8) is 0 Å². The van der Waals surface area contributed by atoms with E-state index in [-0.39, 0.29) is 11.9 Å². The standard InChI is InChI=1S/C9H17O3P.C7H11BrO2.C5H13O2P/c1-5-12-9(10)6-8(2)7-13(3,4)11;1-3-10-7(9)4-6(2)5-8;1-4-6-8(3)7-5-2/h6H,5,7H2,1-4H3;4H,3,5H2,1-2H3;4-5H2,1-3H3. The van der Waals surface area contributed by atoms with E-state index >= 15 is 0 Å². The van der Waals surface area contributed by atoms with Crippen molar-refractivity contribution in [1.82, 2.24) is 0 Å². The summed E-state index contributed by atoms with van der Waals surface area (Å²) in [4.78, 5) is 21.6. The van der Waals surface area contributed by atoms with Crippen molar-refractivity contribution in [2.75, 3.05) is 57.9 Å². The van der Waals surface area contributed by atoms with Crippen LogP contribution in [-0.4, -0.2) is 69.9 Å². The molecule has 0 aliphatic heterocycles. The molecule has 0 saturated carbocycles. The van der Waals surface area contributed by atoms with Crippen molar-refractivity contribution in [1.29, 1.82) is 0 Å². The summed E-state index contributed by atoms with van der Waals surface area (Å²) in [6.07, 6.45) is 3.37. The molecule has 0 aliphatic carbocycles. The summed E-state index contributed by atoms with van der Waals surface area (Å²) in [6.45, 7) is 18.8. The second-order valence-electron chi connectivity index (χ2n) is 6.63. The first kappa shape index (κ1) is 35.1. The van der Waals surface area contributed by atoms with Gasteiger partial charge in [0.15, 0.2) is 8.38 Å². The van der Waals surface area contributed by atoms with Crippen LogP contribution in [0.15, 0.2) is 23.3 Å². The highest BCUT2D eigenvalue weighted by Crippen LogP contribution is 2.37. The highest BCUT2D eigenvalue weighted by Gasteiger charge is 2.08. The van der Waals surface area contributed by atoms with Gasteiger partial charge in [-0.05, 0) is 54.9 Å². The monoisotopic (exact) mass is 546 g/mol. The Balaban J connectivity index is -0.000000392. The third-order valence-electron chi connectivity index (χ3n) is 2.76. The number of allylic oxidation sites excluding steroid dienone is 2. The molecule has 0 bridgehead atoms. The molecular formula is C21H41BrO7P2. The van der Waals surface area contributed by atoms with E-state index in [9.17, 15) is 14.2 Å². The molecule has 0 rings (SSSR count). The normalized spacial score (nSPS) is 11.7. The number of carbonyl (C=O) groups is 2. The van der Waals surface area contributed by atoms with Gasteiger partial charge in [-0.15, -0.1) is 0 Å². The molecule has 0 amide bonds. The van der Waals surface area contributed by atoms with E-state index in [1.54, 1.807) is 34.1 Å². The Labute approximate surface area is 198 Å². The van der Waals surface area contributed by atoms with Gasteiger partial charge in [0.1, 0.15) is 0 Å². The molecule has 0 saturated heterocycles. The summed E-state index contributed by atoms with van der Waals surface area (Å²) in [5, 5.41) is 0.714. The lowest BCUT2D eigenvalue weighted by molar-refractivity contribution is -0.138. The topological polar surface area (TPSA) is 88.1 Å². The predicted molar refractivity (Wildman–Crippen MR) is 135 cm³/mol. The maximum atomic E-state index is 11.4. The number of halogens is 1. The Bertz CT molecular complexity index is 580. The molecule has 0 aliphatic rings. The molecule has 0 heterocycles. The molecule has 0 aromatic rings. The van der Waals surface area contributed by atoms with Crippen LogP contribution in [0.2, 0.25) is 0 Å². The smallest absolute Gasteiger partial charge is 0.330 e. The minimum atomic E-state index is -2.07. The van der Waals surface area contributed by atoms with Gasteiger partial charge < -0.3 is 23.1 Å². The Kier molecular flexibility index (Phi) is 25.6. The number of esters is 2. The fourth-order valence-electron chi connectivity index (χ4n) is 1.86. The first-order valence-electron chi connectivity index (χ1n) is 10.1. The van der Waals surface area contributed by atoms with E-state index in [2.05, 4.69) is 20.7 Å². The highest BCUT2D eigenvalue weighted by molar-refractivity contribution is 9.09. The van der Waals surface area contributed by atoms with E-state index < -0.39 is 15.5 Å². The Morgan fingerprint density at radius 1 is 0.839 bits per heavy atom. The van der Waals surface area contributed by atoms with E-state index in [1.165, 1.54) is 12.2 Å². The summed E-state index contributed by atoms with van der Waals surface area (Å²) in [5.41, 5.74) is 1.78. The highest BCUT2D eigenvalue weighted by atomic mass is 79.9. The van der Waals surface area contributed by atoms with Gasteiger partial charge in [-0.1, -0.05) is 27.1 Å². The zero-order valence-corrected chi connectivity index (χ0v) is 23.9. The molecule has 31 heavy (non-hydrogen) atoms. The van der Waals surface area contributed by atoms with E-state index in [4.69, 9.17) is 13.8 Å². The fourth-order valence-corrected chi connectivity index (χ4v) is 4.11. The number of hydrogen-bond donors (Lipinski definition) is 0. The first-order valence-corrected chi connectivity index (χ1v) is 15.7. The fraction of sp³-hybridized carbons (Fsp3) is 0.714. The average Bonchev–Trinajstić information content (AvgIpc) is 2.61. The average molecular weight is 547 g/mol. The molecule has 0 radical (unpaired) electrons. The molecule has 7 nitrogen and oxygen atoms in total. The summed E-state index contributed by atoms with van der Waals surface area (Å²) in [5.74, 6) is -0.618. The van der Waals surface area contributed by atoms with Gasteiger partial charge in [0, 0.05) is 30.3 Å². The quantitative estimate of drug-likeness (QED) is 0.136. The van der Waals surface area contributed by atoms with Gasteiger partial charge in [-0.3, -0.25) is 0 Å². The van der Waals surface area contributed by atoms with Crippen molar-refractivity contribution >= 4 is 43.4 Å². The minimum Gasteiger partial charge on any atom is -0.463 e. The van der Waals surface area contributed by atoms with Gasteiger partial charge in [-0.25, -0.2) is 9.59 Å². The molecule has 0 aromatic carbocycles. The summed E-state index contributed by atoms with van der Waals surface area (Å²) >= 11 is 3.22. The van der Waals surface area contributed by atoms with Crippen LogP contribution in [-0.2, 0) is 32.7 Å².